The average molecular weight is 452 g/mol. The smallest absolute Gasteiger partial charge is 0.258 e. The topological polar surface area (TPSA) is 89.0 Å². The summed E-state index contributed by atoms with van der Waals surface area (Å²) < 4.78 is 25.6. The van der Waals surface area contributed by atoms with E-state index in [1.807, 2.05) is 19.1 Å². The van der Waals surface area contributed by atoms with E-state index in [9.17, 15) is 13.2 Å². The van der Waals surface area contributed by atoms with Gasteiger partial charge in [0.2, 0.25) is 19.3 Å². The highest BCUT2D eigenvalue weighted by atomic mass is 79.9. The van der Waals surface area contributed by atoms with E-state index in [1.54, 1.807) is 36.4 Å². The van der Waals surface area contributed by atoms with Gasteiger partial charge in [0.15, 0.2) is 0 Å². The van der Waals surface area contributed by atoms with E-state index in [0.717, 1.165) is 16.9 Å². The second-order valence-corrected chi connectivity index (χ2v) is 9.49. The average Bonchev–Trinajstić information content (AvgIpc) is 3.06. The van der Waals surface area contributed by atoms with Crippen molar-refractivity contribution in [2.24, 2.45) is 0 Å². The molecule has 26 heavy (non-hydrogen) atoms. The van der Waals surface area contributed by atoms with E-state index in [1.165, 1.54) is 0 Å². The van der Waals surface area contributed by atoms with Crippen LogP contribution < -0.4 is 5.32 Å². The van der Waals surface area contributed by atoms with Crippen molar-refractivity contribution in [2.45, 2.75) is 17.0 Å². The predicted octanol–water partition coefficient (Wildman–Crippen LogP) is 3.84. The Morgan fingerprint density at radius 1 is 1.12 bits per heavy atom. The summed E-state index contributed by atoms with van der Waals surface area (Å²) in [6, 6.07) is 14.2. The third-order valence-corrected chi connectivity index (χ3v) is 7.26. The first-order valence-corrected chi connectivity index (χ1v) is 10.8. The fourth-order valence-electron chi connectivity index (χ4n) is 2.23. The largest absolute Gasteiger partial charge is 0.296 e. The summed E-state index contributed by atoms with van der Waals surface area (Å²) in [6.45, 7) is 1.86. The summed E-state index contributed by atoms with van der Waals surface area (Å²) in [5, 5.41) is 10.2. The molecule has 1 amide bonds. The Balaban J connectivity index is 1.78. The molecule has 0 fully saturated rings. The number of anilines is 1. The summed E-state index contributed by atoms with van der Waals surface area (Å²) >= 11 is 4.14. The van der Waals surface area contributed by atoms with Crippen molar-refractivity contribution in [1.29, 1.82) is 0 Å². The van der Waals surface area contributed by atoms with Crippen LogP contribution in [0.25, 0.3) is 0 Å². The number of carbonyl (C=O) groups is 1. The number of nitrogens with zero attached hydrogens (tertiary/aromatic N) is 2. The van der Waals surface area contributed by atoms with Crippen molar-refractivity contribution in [3.05, 3.63) is 69.7 Å². The highest BCUT2D eigenvalue weighted by Crippen LogP contribution is 2.25. The van der Waals surface area contributed by atoms with Crippen molar-refractivity contribution in [2.75, 3.05) is 5.32 Å². The van der Waals surface area contributed by atoms with Crippen LogP contribution >= 0.6 is 27.3 Å². The molecule has 0 saturated carbocycles. The minimum Gasteiger partial charge on any atom is -0.296 e. The lowest BCUT2D eigenvalue weighted by molar-refractivity contribution is 0.102. The third-order valence-electron chi connectivity index (χ3n) is 3.62. The SMILES string of the molecule is Cc1ccccc1CS(=O)(=O)c1nnc(NC(=O)c2ccccc2Br)s1. The number of halogens is 1. The van der Waals surface area contributed by atoms with Gasteiger partial charge < -0.3 is 0 Å². The molecule has 134 valence electrons. The quantitative estimate of drug-likeness (QED) is 0.595. The van der Waals surface area contributed by atoms with Gasteiger partial charge in [0.25, 0.3) is 5.91 Å². The molecule has 0 aliphatic rings. The van der Waals surface area contributed by atoms with E-state index >= 15 is 0 Å². The van der Waals surface area contributed by atoms with E-state index in [-0.39, 0.29) is 15.2 Å². The Labute approximate surface area is 163 Å². The summed E-state index contributed by atoms with van der Waals surface area (Å²) in [7, 11) is -3.64. The lowest BCUT2D eigenvalue weighted by Gasteiger charge is -2.04. The second kappa shape index (κ2) is 7.65. The maximum absolute atomic E-state index is 12.6. The van der Waals surface area contributed by atoms with Gasteiger partial charge in [-0.2, -0.15) is 0 Å². The number of carbonyl (C=O) groups excluding carboxylic acids is 1. The molecule has 6 nitrogen and oxygen atoms in total. The van der Waals surface area contributed by atoms with Crippen molar-refractivity contribution in [3.63, 3.8) is 0 Å². The molecule has 0 aliphatic heterocycles. The van der Waals surface area contributed by atoms with Crippen molar-refractivity contribution in [3.8, 4) is 0 Å². The zero-order chi connectivity index (χ0) is 18.7. The van der Waals surface area contributed by atoms with Crippen LogP contribution in [0.2, 0.25) is 0 Å². The number of rotatable bonds is 5. The van der Waals surface area contributed by atoms with Crippen LogP contribution in [0, 0.1) is 6.92 Å². The molecule has 3 aromatic rings. The number of sulfone groups is 1. The minimum absolute atomic E-state index is 0.122. The summed E-state index contributed by atoms with van der Waals surface area (Å²) in [6.07, 6.45) is 0. The van der Waals surface area contributed by atoms with Gasteiger partial charge in [0.1, 0.15) is 0 Å². The Kier molecular flexibility index (Phi) is 5.49. The fraction of sp³-hybridized carbons (Fsp3) is 0.118. The highest BCUT2D eigenvalue weighted by molar-refractivity contribution is 9.10. The Morgan fingerprint density at radius 2 is 1.81 bits per heavy atom. The molecular formula is C17H14BrN3O3S2. The molecule has 3 rings (SSSR count). The van der Waals surface area contributed by atoms with E-state index in [0.29, 0.717) is 15.6 Å². The summed E-state index contributed by atoms with van der Waals surface area (Å²) in [5.74, 6) is -0.552. The molecule has 0 radical (unpaired) electrons. The number of amides is 1. The van der Waals surface area contributed by atoms with Crippen LogP contribution in [0.1, 0.15) is 21.5 Å². The summed E-state index contributed by atoms with van der Waals surface area (Å²) in [5.41, 5.74) is 2.02. The van der Waals surface area contributed by atoms with Crippen LogP contribution in [-0.4, -0.2) is 24.5 Å². The zero-order valence-corrected chi connectivity index (χ0v) is 16.9. The van der Waals surface area contributed by atoms with E-state index < -0.39 is 15.7 Å². The van der Waals surface area contributed by atoms with Crippen LogP contribution in [-0.2, 0) is 15.6 Å². The van der Waals surface area contributed by atoms with Gasteiger partial charge >= 0.3 is 0 Å². The molecule has 0 bridgehead atoms. The molecule has 9 heteroatoms. The third kappa shape index (κ3) is 4.17. The van der Waals surface area contributed by atoms with Gasteiger partial charge in [-0.3, -0.25) is 10.1 Å². The van der Waals surface area contributed by atoms with Crippen LogP contribution in [0.5, 0.6) is 0 Å². The van der Waals surface area contributed by atoms with Crippen molar-refractivity contribution in [1.82, 2.24) is 10.2 Å². The Morgan fingerprint density at radius 3 is 2.54 bits per heavy atom. The second-order valence-electron chi connectivity index (χ2n) is 5.49. The van der Waals surface area contributed by atoms with Gasteiger partial charge in [-0.25, -0.2) is 8.42 Å². The highest BCUT2D eigenvalue weighted by Gasteiger charge is 2.22. The number of benzene rings is 2. The van der Waals surface area contributed by atoms with Crippen molar-refractivity contribution >= 4 is 48.1 Å². The molecule has 0 atom stereocenters. The lowest BCUT2D eigenvalue weighted by Crippen LogP contribution is -2.12. The van der Waals surface area contributed by atoms with Gasteiger partial charge in [-0.15, -0.1) is 10.2 Å². The molecule has 2 aromatic carbocycles. The molecular weight excluding hydrogens is 438 g/mol. The van der Waals surface area contributed by atoms with Gasteiger partial charge in [-0.05, 0) is 46.1 Å². The molecule has 0 saturated heterocycles. The number of hydrogen-bond acceptors (Lipinski definition) is 6. The van der Waals surface area contributed by atoms with Crippen LogP contribution in [0.15, 0.2) is 57.3 Å². The molecule has 1 heterocycles. The normalized spacial score (nSPS) is 11.3. The molecule has 1 N–H and O–H groups in total. The number of nitrogens with one attached hydrogen (secondary N) is 1. The van der Waals surface area contributed by atoms with E-state index in [2.05, 4.69) is 31.4 Å². The first-order valence-electron chi connectivity index (χ1n) is 7.53. The molecule has 0 spiro atoms. The van der Waals surface area contributed by atoms with E-state index in [4.69, 9.17) is 0 Å². The number of aromatic nitrogens is 2. The monoisotopic (exact) mass is 451 g/mol. The fourth-order valence-corrected chi connectivity index (χ4v) is 5.12. The summed E-state index contributed by atoms with van der Waals surface area (Å²) in [4.78, 5) is 12.3. The maximum Gasteiger partial charge on any atom is 0.258 e. The Hall–Kier alpha value is -2.10. The zero-order valence-electron chi connectivity index (χ0n) is 13.6. The molecule has 0 unspecified atom stereocenters. The number of aryl methyl sites for hydroxylation is 1. The van der Waals surface area contributed by atoms with Gasteiger partial charge in [0.05, 0.1) is 11.3 Å². The minimum atomic E-state index is -3.64. The predicted molar refractivity (Wildman–Crippen MR) is 104 cm³/mol. The first kappa shape index (κ1) is 18.7. The van der Waals surface area contributed by atoms with Crippen LogP contribution in [0.3, 0.4) is 0 Å². The van der Waals surface area contributed by atoms with Gasteiger partial charge in [-0.1, -0.05) is 47.7 Å². The van der Waals surface area contributed by atoms with Gasteiger partial charge in [0, 0.05) is 4.47 Å². The Bertz CT molecular complexity index is 1060. The first-order chi connectivity index (χ1) is 12.4. The standard InChI is InChI=1S/C17H14BrN3O3S2/c1-11-6-2-3-7-12(11)10-26(23,24)17-21-20-16(25-17)19-15(22)13-8-4-5-9-14(13)18/h2-9H,10H2,1H3,(H,19,20,22). The molecule has 0 aliphatic carbocycles. The molecule has 1 aromatic heterocycles. The number of hydrogen-bond donors (Lipinski definition) is 1. The maximum atomic E-state index is 12.6. The van der Waals surface area contributed by atoms with Crippen molar-refractivity contribution < 1.29 is 13.2 Å². The van der Waals surface area contributed by atoms with Crippen LogP contribution in [0.4, 0.5) is 5.13 Å². The lowest BCUT2D eigenvalue weighted by atomic mass is 10.1.